The molecule has 0 aliphatic carbocycles. The van der Waals surface area contributed by atoms with Gasteiger partial charge in [0.1, 0.15) is 18.1 Å². The van der Waals surface area contributed by atoms with Gasteiger partial charge in [0.05, 0.1) is 12.7 Å². The number of unbranched alkanes of at least 4 members (excludes halogenated alkanes) is 13. The summed E-state index contributed by atoms with van der Waals surface area (Å²) in [6.45, 7) is 7.86. The van der Waals surface area contributed by atoms with Crippen LogP contribution in [0.5, 0.6) is 0 Å². The Kier molecular flexibility index (Phi) is 23.9. The molecule has 6 atom stereocenters. The lowest BCUT2D eigenvalue weighted by Gasteiger charge is -2.44. The Morgan fingerprint density at radius 3 is 1.61 bits per heavy atom. The Morgan fingerprint density at radius 2 is 1.13 bits per heavy atom. The third kappa shape index (κ3) is 19.7. The molecule has 0 spiro atoms. The summed E-state index contributed by atoms with van der Waals surface area (Å²) in [7, 11) is 1.59. The number of ether oxygens (including phenoxy) is 7. The Morgan fingerprint density at radius 1 is 0.652 bits per heavy atom. The van der Waals surface area contributed by atoms with E-state index in [9.17, 15) is 19.2 Å². The number of hydrogen-bond acceptors (Lipinski definition) is 12. The van der Waals surface area contributed by atoms with Gasteiger partial charge in [0.25, 0.3) is 0 Å². The number of hydrogen-bond donors (Lipinski definition) is 0. The molecule has 1 aliphatic heterocycles. The number of carbonyl (C=O) groups is 4. The Bertz CT molecular complexity index is 855. The maximum absolute atomic E-state index is 12.0. The molecule has 1 aliphatic rings. The largest absolute Gasteiger partial charge is 0.463 e. The first-order chi connectivity index (χ1) is 22.1. The molecular formula is C34H60O11S. The van der Waals surface area contributed by atoms with E-state index >= 15 is 0 Å². The summed E-state index contributed by atoms with van der Waals surface area (Å²) in [5, 5.41) is 0. The van der Waals surface area contributed by atoms with E-state index in [1.54, 1.807) is 7.11 Å². The van der Waals surface area contributed by atoms with Crippen molar-refractivity contribution in [3.05, 3.63) is 0 Å². The van der Waals surface area contributed by atoms with Gasteiger partial charge in [-0.25, -0.2) is 0 Å². The van der Waals surface area contributed by atoms with Gasteiger partial charge >= 0.3 is 23.9 Å². The summed E-state index contributed by atoms with van der Waals surface area (Å²) in [5.41, 5.74) is -0.843. The lowest BCUT2D eigenvalue weighted by atomic mass is 9.99. The average molecular weight is 677 g/mol. The van der Waals surface area contributed by atoms with Crippen LogP contribution in [0.3, 0.4) is 0 Å². The van der Waals surface area contributed by atoms with E-state index in [2.05, 4.69) is 6.92 Å². The molecular weight excluding hydrogens is 616 g/mol. The van der Waals surface area contributed by atoms with E-state index in [4.69, 9.17) is 33.2 Å². The molecule has 0 aromatic heterocycles. The van der Waals surface area contributed by atoms with Gasteiger partial charge in [0, 0.05) is 47.2 Å². The highest BCUT2D eigenvalue weighted by atomic mass is 32.2. The molecule has 1 rings (SSSR count). The van der Waals surface area contributed by atoms with E-state index in [1.807, 2.05) is 0 Å². The molecule has 11 nitrogen and oxygen atoms in total. The van der Waals surface area contributed by atoms with Crippen molar-refractivity contribution in [2.45, 2.75) is 160 Å². The van der Waals surface area contributed by atoms with Crippen molar-refractivity contribution in [3.8, 4) is 0 Å². The topological polar surface area (TPSA) is 133 Å². The minimum Gasteiger partial charge on any atom is -0.463 e. The molecule has 0 amide bonds. The summed E-state index contributed by atoms with van der Waals surface area (Å²) in [5.74, 6) is -2.11. The van der Waals surface area contributed by atoms with Crippen LogP contribution in [0.2, 0.25) is 0 Å². The van der Waals surface area contributed by atoms with Crippen molar-refractivity contribution < 1.29 is 52.3 Å². The van der Waals surface area contributed by atoms with Crippen LogP contribution in [-0.2, 0) is 52.3 Å². The highest BCUT2D eigenvalue weighted by Crippen LogP contribution is 2.35. The van der Waals surface area contributed by atoms with Crippen LogP contribution in [0.25, 0.3) is 0 Å². The molecule has 0 unspecified atom stereocenters. The average Bonchev–Trinajstić information content (AvgIpc) is 2.99. The Hall–Kier alpha value is -1.89. The van der Waals surface area contributed by atoms with Gasteiger partial charge in [0.2, 0.25) is 0 Å². The molecule has 0 saturated carbocycles. The molecule has 1 fully saturated rings. The zero-order valence-electron chi connectivity index (χ0n) is 29.1. The van der Waals surface area contributed by atoms with Crippen LogP contribution in [-0.4, -0.2) is 92.5 Å². The summed E-state index contributed by atoms with van der Waals surface area (Å²) in [6, 6.07) is 0. The smallest absolute Gasteiger partial charge is 0.303 e. The Labute approximate surface area is 280 Å². The summed E-state index contributed by atoms with van der Waals surface area (Å²) < 4.78 is 39.3. The minimum absolute atomic E-state index is 0.259. The van der Waals surface area contributed by atoms with Crippen LogP contribution in [0, 0.1) is 0 Å². The third-order valence-corrected chi connectivity index (χ3v) is 8.95. The fraction of sp³-hybridized carbons (Fsp3) is 0.882. The number of methoxy groups -OCH3 is 1. The second-order valence-corrected chi connectivity index (χ2v) is 13.1. The van der Waals surface area contributed by atoms with Gasteiger partial charge in [-0.05, 0) is 6.42 Å². The second-order valence-electron chi connectivity index (χ2n) is 11.9. The molecule has 0 radical (unpaired) electrons. The molecule has 0 N–H and O–H groups in total. The van der Waals surface area contributed by atoms with Crippen molar-refractivity contribution in [3.63, 3.8) is 0 Å². The zero-order valence-corrected chi connectivity index (χ0v) is 29.9. The molecule has 268 valence electrons. The van der Waals surface area contributed by atoms with Gasteiger partial charge < -0.3 is 33.2 Å². The first kappa shape index (κ1) is 42.1. The predicted octanol–water partition coefficient (Wildman–Crippen LogP) is 6.32. The van der Waals surface area contributed by atoms with Crippen LogP contribution in [0.1, 0.15) is 125 Å². The van der Waals surface area contributed by atoms with Gasteiger partial charge in [-0.2, -0.15) is 0 Å². The summed E-state index contributed by atoms with van der Waals surface area (Å²) in [6.07, 6.45) is 13.5. The van der Waals surface area contributed by atoms with Crippen LogP contribution >= 0.6 is 11.8 Å². The van der Waals surface area contributed by atoms with Gasteiger partial charge in [-0.1, -0.05) is 90.4 Å². The molecule has 12 heteroatoms. The number of esters is 4. The van der Waals surface area contributed by atoms with Crippen LogP contribution in [0.15, 0.2) is 0 Å². The van der Waals surface area contributed by atoms with E-state index in [0.717, 1.165) is 12.8 Å². The maximum atomic E-state index is 12.0. The SMILES string of the molecule is CCCCCCCCCCCCCCCCOC[C@H](CS[C@H]1O[C@H](COC(C)=O)[C@@H](OC(C)=O)[C@H](OC(C)=O)[C@H]1OC(C)=O)OC. The second kappa shape index (κ2) is 26.1. The van der Waals surface area contributed by atoms with Crippen molar-refractivity contribution in [2.75, 3.05) is 32.7 Å². The number of rotatable bonds is 26. The van der Waals surface area contributed by atoms with Gasteiger partial charge in [0.15, 0.2) is 18.3 Å². The number of thioether (sulfide) groups is 1. The molecule has 0 bridgehead atoms. The lowest BCUT2D eigenvalue weighted by molar-refractivity contribution is -0.237. The molecule has 1 heterocycles. The normalized spacial score (nSPS) is 21.7. The van der Waals surface area contributed by atoms with Gasteiger partial charge in [-0.3, -0.25) is 19.2 Å². The fourth-order valence-corrected chi connectivity index (χ4v) is 6.58. The highest BCUT2D eigenvalue weighted by molar-refractivity contribution is 7.99. The first-order valence-corrected chi connectivity index (χ1v) is 18.2. The Balaban J connectivity index is 2.52. The van der Waals surface area contributed by atoms with E-state index in [-0.39, 0.29) is 12.7 Å². The van der Waals surface area contributed by atoms with Gasteiger partial charge in [-0.15, -0.1) is 11.8 Å². The summed E-state index contributed by atoms with van der Waals surface area (Å²) >= 11 is 1.28. The predicted molar refractivity (Wildman–Crippen MR) is 176 cm³/mol. The maximum Gasteiger partial charge on any atom is 0.303 e. The lowest BCUT2D eigenvalue weighted by Crippen LogP contribution is -2.61. The standard InChI is InChI=1S/C34H60O11S/c1-7-8-9-10-11-12-13-14-15-16-17-18-19-20-21-40-22-29(39-6)24-46-34-33(44-28(5)38)32(43-27(4)37)31(42-26(3)36)30(45-34)23-41-25(2)35/h29-34H,7-24H2,1-6H3/t29-,30-,31-,32+,33-,34-/m1/s1. The third-order valence-electron chi connectivity index (χ3n) is 7.67. The quantitative estimate of drug-likeness (QED) is 0.0577. The highest BCUT2D eigenvalue weighted by Gasteiger charge is 2.52. The monoisotopic (exact) mass is 676 g/mol. The van der Waals surface area contributed by atoms with Crippen molar-refractivity contribution in [2.24, 2.45) is 0 Å². The van der Waals surface area contributed by atoms with E-state index in [0.29, 0.717) is 19.0 Å². The number of carbonyl (C=O) groups excluding carboxylic acids is 4. The summed E-state index contributed by atoms with van der Waals surface area (Å²) in [4.78, 5) is 47.5. The van der Waals surface area contributed by atoms with Crippen molar-refractivity contribution in [1.82, 2.24) is 0 Å². The van der Waals surface area contributed by atoms with Crippen molar-refractivity contribution >= 4 is 35.6 Å². The van der Waals surface area contributed by atoms with Crippen molar-refractivity contribution in [1.29, 1.82) is 0 Å². The van der Waals surface area contributed by atoms with E-state index in [1.165, 1.54) is 117 Å². The molecule has 0 aromatic carbocycles. The molecule has 1 saturated heterocycles. The van der Waals surface area contributed by atoms with E-state index < -0.39 is 53.7 Å². The molecule has 0 aromatic rings. The zero-order chi connectivity index (χ0) is 34.2. The minimum atomic E-state index is -1.19. The van der Waals surface area contributed by atoms with Crippen LogP contribution < -0.4 is 0 Å². The fourth-order valence-electron chi connectivity index (χ4n) is 5.32. The molecule has 46 heavy (non-hydrogen) atoms. The first-order valence-electron chi connectivity index (χ1n) is 17.1. The van der Waals surface area contributed by atoms with Crippen LogP contribution in [0.4, 0.5) is 0 Å².